The Kier molecular flexibility index (Phi) is 8.65. The fraction of sp³-hybridized carbons (Fsp3) is 0.750. The number of unbranched alkanes of at least 4 members (excludes halogenated alkanes) is 3. The van der Waals surface area contributed by atoms with Crippen molar-refractivity contribution >= 4 is 0 Å². The van der Waals surface area contributed by atoms with Gasteiger partial charge in [-0.2, -0.15) is 5.26 Å². The van der Waals surface area contributed by atoms with Gasteiger partial charge in [0.05, 0.1) is 11.5 Å². The van der Waals surface area contributed by atoms with Gasteiger partial charge in [0, 0.05) is 0 Å². The fourth-order valence-corrected chi connectivity index (χ4v) is 5.94. The molecular formula is C28H43N. The molecule has 0 aliphatic heterocycles. The van der Waals surface area contributed by atoms with E-state index >= 15 is 0 Å². The Labute approximate surface area is 180 Å². The molecular weight excluding hydrogens is 350 g/mol. The molecule has 1 aromatic carbocycles. The Morgan fingerprint density at radius 1 is 0.793 bits per heavy atom. The van der Waals surface area contributed by atoms with E-state index in [2.05, 4.69) is 44.2 Å². The van der Waals surface area contributed by atoms with Crippen LogP contribution in [-0.2, 0) is 0 Å². The molecule has 0 heterocycles. The largest absolute Gasteiger partial charge is 0.198 e. The van der Waals surface area contributed by atoms with Crippen molar-refractivity contribution in [2.45, 2.75) is 122 Å². The van der Waals surface area contributed by atoms with Crippen molar-refractivity contribution in [1.29, 1.82) is 5.26 Å². The molecule has 29 heavy (non-hydrogen) atoms. The number of benzene rings is 1. The molecule has 0 unspecified atom stereocenters. The molecule has 0 amide bonds. The zero-order chi connectivity index (χ0) is 20.5. The van der Waals surface area contributed by atoms with Gasteiger partial charge in [-0.1, -0.05) is 76.6 Å². The highest BCUT2D eigenvalue weighted by molar-refractivity contribution is 5.29. The summed E-state index contributed by atoms with van der Waals surface area (Å²) >= 11 is 0. The van der Waals surface area contributed by atoms with E-state index in [0.717, 1.165) is 31.1 Å². The van der Waals surface area contributed by atoms with E-state index in [-0.39, 0.29) is 5.41 Å². The molecule has 3 rings (SSSR count). The van der Waals surface area contributed by atoms with Crippen LogP contribution >= 0.6 is 0 Å². The summed E-state index contributed by atoms with van der Waals surface area (Å²) in [4.78, 5) is 0. The zero-order valence-electron chi connectivity index (χ0n) is 19.1. The lowest BCUT2D eigenvalue weighted by Gasteiger charge is -2.35. The Morgan fingerprint density at radius 2 is 1.34 bits per heavy atom. The first kappa shape index (κ1) is 22.4. The zero-order valence-corrected chi connectivity index (χ0v) is 19.1. The van der Waals surface area contributed by atoms with Gasteiger partial charge in [0.2, 0.25) is 0 Å². The Hall–Kier alpha value is -1.29. The van der Waals surface area contributed by atoms with Gasteiger partial charge in [-0.15, -0.1) is 0 Å². The van der Waals surface area contributed by atoms with E-state index in [0.29, 0.717) is 5.92 Å². The van der Waals surface area contributed by atoms with Crippen molar-refractivity contribution in [3.63, 3.8) is 0 Å². The second-order valence-corrected chi connectivity index (χ2v) is 10.2. The highest BCUT2D eigenvalue weighted by Crippen LogP contribution is 2.46. The molecule has 1 aromatic rings. The average Bonchev–Trinajstić information content (AvgIpc) is 2.79. The Morgan fingerprint density at radius 3 is 1.86 bits per heavy atom. The van der Waals surface area contributed by atoms with Gasteiger partial charge in [-0.25, -0.2) is 0 Å². The average molecular weight is 394 g/mol. The first-order valence-corrected chi connectivity index (χ1v) is 12.7. The molecule has 0 radical (unpaired) electrons. The maximum atomic E-state index is 9.73. The van der Waals surface area contributed by atoms with E-state index in [1.54, 1.807) is 5.56 Å². The molecule has 2 aliphatic carbocycles. The van der Waals surface area contributed by atoms with Gasteiger partial charge in [0.15, 0.2) is 0 Å². The molecule has 0 aromatic heterocycles. The van der Waals surface area contributed by atoms with Gasteiger partial charge in [-0.3, -0.25) is 0 Å². The minimum Gasteiger partial charge on any atom is -0.198 e. The Bertz CT molecular complexity index is 621. The summed E-state index contributed by atoms with van der Waals surface area (Å²) in [6.07, 6.45) is 19.4. The maximum Gasteiger partial charge on any atom is 0.0689 e. The van der Waals surface area contributed by atoms with E-state index in [1.807, 2.05) is 0 Å². The van der Waals surface area contributed by atoms with Gasteiger partial charge >= 0.3 is 0 Å². The maximum absolute atomic E-state index is 9.73. The number of nitrogens with zero attached hydrogens (tertiary/aromatic N) is 1. The molecule has 1 nitrogen and oxygen atoms in total. The highest BCUT2D eigenvalue weighted by Gasteiger charge is 2.35. The predicted molar refractivity (Wildman–Crippen MR) is 124 cm³/mol. The molecule has 0 spiro atoms. The first-order chi connectivity index (χ1) is 14.2. The minimum absolute atomic E-state index is 0.0256. The van der Waals surface area contributed by atoms with Crippen molar-refractivity contribution in [1.82, 2.24) is 0 Å². The van der Waals surface area contributed by atoms with Gasteiger partial charge in [0.25, 0.3) is 0 Å². The molecule has 160 valence electrons. The van der Waals surface area contributed by atoms with Crippen LogP contribution in [0, 0.1) is 22.7 Å². The summed E-state index contributed by atoms with van der Waals surface area (Å²) < 4.78 is 0. The van der Waals surface area contributed by atoms with Crippen LogP contribution in [0.5, 0.6) is 0 Å². The monoisotopic (exact) mass is 393 g/mol. The predicted octanol–water partition coefficient (Wildman–Crippen LogP) is 8.90. The van der Waals surface area contributed by atoms with Crippen LogP contribution in [0.2, 0.25) is 0 Å². The summed E-state index contributed by atoms with van der Waals surface area (Å²) in [6, 6.07) is 12.4. The van der Waals surface area contributed by atoms with E-state index < -0.39 is 0 Å². The lowest BCUT2D eigenvalue weighted by Crippen LogP contribution is -2.25. The highest BCUT2D eigenvalue weighted by atomic mass is 14.4. The summed E-state index contributed by atoms with van der Waals surface area (Å²) in [6.45, 7) is 4.54. The van der Waals surface area contributed by atoms with Crippen LogP contribution < -0.4 is 0 Å². The number of hydrogen-bond donors (Lipinski definition) is 0. The van der Waals surface area contributed by atoms with Crippen LogP contribution in [0.25, 0.3) is 0 Å². The number of nitriles is 1. The minimum atomic E-state index is -0.0256. The summed E-state index contributed by atoms with van der Waals surface area (Å²) in [7, 11) is 0. The molecule has 0 bridgehead atoms. The molecule has 2 fully saturated rings. The third-order valence-electron chi connectivity index (χ3n) is 8.13. The second kappa shape index (κ2) is 11.2. The third kappa shape index (κ3) is 6.10. The summed E-state index contributed by atoms with van der Waals surface area (Å²) in [5.74, 6) is 2.45. The number of hydrogen-bond acceptors (Lipinski definition) is 1. The summed E-state index contributed by atoms with van der Waals surface area (Å²) in [5, 5.41) is 9.73. The SMILES string of the molecule is CCCCC[C@H]1CC[C@H](c2ccc([C@H]3CC[C@@](C#N)(CCCC)CC3)cc2)CC1. The van der Waals surface area contributed by atoms with E-state index in [9.17, 15) is 5.26 Å². The molecule has 2 aliphatic rings. The lowest BCUT2D eigenvalue weighted by molar-refractivity contribution is 0.224. The molecule has 2 saturated carbocycles. The molecule has 0 N–H and O–H groups in total. The van der Waals surface area contributed by atoms with Crippen molar-refractivity contribution in [3.05, 3.63) is 35.4 Å². The van der Waals surface area contributed by atoms with Gasteiger partial charge in [0.1, 0.15) is 0 Å². The number of rotatable bonds is 9. The first-order valence-electron chi connectivity index (χ1n) is 12.7. The van der Waals surface area contributed by atoms with Gasteiger partial charge < -0.3 is 0 Å². The standard InChI is InChI=1S/C28H43N/c1-3-5-7-8-23-9-11-24(12-10-23)25-13-15-26(16-14-25)27-17-20-28(22-29,21-18-27)19-6-4-2/h13-16,23-24,27H,3-12,17-21H2,1-2H3/t23-,24-,27-,28-. The van der Waals surface area contributed by atoms with Crippen molar-refractivity contribution < 1.29 is 0 Å². The molecule has 0 atom stereocenters. The lowest BCUT2D eigenvalue weighted by atomic mass is 9.67. The van der Waals surface area contributed by atoms with Gasteiger partial charge in [-0.05, 0) is 86.7 Å². The normalized spacial score (nSPS) is 30.0. The van der Waals surface area contributed by atoms with Crippen LogP contribution in [-0.4, -0.2) is 0 Å². The van der Waals surface area contributed by atoms with E-state index in [1.165, 1.54) is 82.6 Å². The van der Waals surface area contributed by atoms with E-state index in [4.69, 9.17) is 0 Å². The van der Waals surface area contributed by atoms with Crippen LogP contribution in [0.1, 0.15) is 133 Å². The Balaban J connectivity index is 1.48. The molecule has 0 saturated heterocycles. The topological polar surface area (TPSA) is 23.8 Å². The van der Waals surface area contributed by atoms with Crippen LogP contribution in [0.4, 0.5) is 0 Å². The van der Waals surface area contributed by atoms with Crippen molar-refractivity contribution in [2.24, 2.45) is 11.3 Å². The second-order valence-electron chi connectivity index (χ2n) is 10.2. The quantitative estimate of drug-likeness (QED) is 0.384. The van der Waals surface area contributed by atoms with Crippen molar-refractivity contribution in [2.75, 3.05) is 0 Å². The van der Waals surface area contributed by atoms with Crippen LogP contribution in [0.15, 0.2) is 24.3 Å². The van der Waals surface area contributed by atoms with Crippen molar-refractivity contribution in [3.8, 4) is 6.07 Å². The third-order valence-corrected chi connectivity index (χ3v) is 8.13. The van der Waals surface area contributed by atoms with Crippen LogP contribution in [0.3, 0.4) is 0 Å². The fourth-order valence-electron chi connectivity index (χ4n) is 5.94. The molecule has 1 heteroatoms. The summed E-state index contributed by atoms with van der Waals surface area (Å²) in [5.41, 5.74) is 3.07. The smallest absolute Gasteiger partial charge is 0.0689 e.